The van der Waals surface area contributed by atoms with Gasteiger partial charge in [-0.05, 0) is 13.8 Å². The molecular weight excluding hydrogens is 190 g/mol. The summed E-state index contributed by atoms with van der Waals surface area (Å²) in [6, 6.07) is 0. The monoisotopic (exact) mass is 201 g/mol. The fourth-order valence-electron chi connectivity index (χ4n) is 0.739. The summed E-state index contributed by atoms with van der Waals surface area (Å²) in [7, 11) is 0. The molecule has 1 N–H and O–H groups in total. The number of nitrogens with zero attached hydrogens (tertiary/aromatic N) is 2. The Morgan fingerprint density at radius 2 is 2.38 bits per heavy atom. The molecule has 0 fully saturated rings. The lowest BCUT2D eigenvalue weighted by atomic mass is 10.7. The zero-order chi connectivity index (χ0) is 9.68. The molecule has 1 aromatic heterocycles. The Kier molecular flexibility index (Phi) is 3.63. The van der Waals surface area contributed by atoms with Gasteiger partial charge in [-0.15, -0.1) is 10.2 Å². The molecule has 0 radical (unpaired) electrons. The minimum absolute atomic E-state index is 0.376. The summed E-state index contributed by atoms with van der Waals surface area (Å²) in [5.74, 6) is 0. The maximum Gasteiger partial charge on any atom is 0.407 e. The number of carbonyl (C=O) groups excluding carboxylic acids is 1. The van der Waals surface area contributed by atoms with Crippen molar-refractivity contribution in [1.29, 1.82) is 0 Å². The first-order chi connectivity index (χ1) is 6.22. The molecule has 0 saturated heterocycles. The van der Waals surface area contributed by atoms with Crippen molar-refractivity contribution in [3.63, 3.8) is 0 Å². The van der Waals surface area contributed by atoms with Crippen LogP contribution in [-0.2, 0) is 11.3 Å². The first-order valence-corrected chi connectivity index (χ1v) is 4.73. The van der Waals surface area contributed by atoms with Gasteiger partial charge in [-0.25, -0.2) is 4.79 Å². The molecule has 0 spiro atoms. The van der Waals surface area contributed by atoms with Gasteiger partial charge >= 0.3 is 6.09 Å². The predicted octanol–water partition coefficient (Wildman–Crippen LogP) is 1.09. The first-order valence-electron chi connectivity index (χ1n) is 3.92. The van der Waals surface area contributed by atoms with Gasteiger partial charge in [0.2, 0.25) is 0 Å². The SMILES string of the molecule is CCOC(=O)NCc1nnc(C)s1. The van der Waals surface area contributed by atoms with Crippen molar-refractivity contribution in [2.24, 2.45) is 0 Å². The van der Waals surface area contributed by atoms with Crippen LogP contribution in [0.3, 0.4) is 0 Å². The second kappa shape index (κ2) is 4.76. The molecule has 0 aliphatic rings. The molecule has 72 valence electrons. The van der Waals surface area contributed by atoms with E-state index in [0.29, 0.717) is 13.2 Å². The highest BCUT2D eigenvalue weighted by atomic mass is 32.1. The maximum atomic E-state index is 10.8. The molecule has 0 aromatic carbocycles. The number of rotatable bonds is 3. The largest absolute Gasteiger partial charge is 0.450 e. The Morgan fingerprint density at radius 1 is 1.62 bits per heavy atom. The lowest BCUT2D eigenvalue weighted by Gasteiger charge is -2.01. The molecule has 0 bridgehead atoms. The fourth-order valence-corrected chi connectivity index (χ4v) is 1.39. The molecule has 1 amide bonds. The van der Waals surface area contributed by atoms with Crippen LogP contribution in [0.4, 0.5) is 4.79 Å². The second-order valence-electron chi connectivity index (χ2n) is 2.29. The average Bonchev–Trinajstić information content (AvgIpc) is 2.49. The smallest absolute Gasteiger partial charge is 0.407 e. The van der Waals surface area contributed by atoms with Crippen LogP contribution in [0.5, 0.6) is 0 Å². The summed E-state index contributed by atoms with van der Waals surface area (Å²) < 4.78 is 4.68. The van der Waals surface area contributed by atoms with Crippen LogP contribution in [0.2, 0.25) is 0 Å². The van der Waals surface area contributed by atoms with E-state index in [-0.39, 0.29) is 0 Å². The fraction of sp³-hybridized carbons (Fsp3) is 0.571. The third-order valence-corrected chi connectivity index (χ3v) is 2.07. The average molecular weight is 201 g/mol. The molecule has 0 saturated carbocycles. The van der Waals surface area contributed by atoms with Gasteiger partial charge in [0.05, 0.1) is 13.2 Å². The number of amides is 1. The molecule has 0 aliphatic heterocycles. The molecule has 5 nitrogen and oxygen atoms in total. The van der Waals surface area contributed by atoms with Gasteiger partial charge in [-0.1, -0.05) is 11.3 Å². The Hall–Kier alpha value is -1.17. The van der Waals surface area contributed by atoms with E-state index in [1.54, 1.807) is 6.92 Å². The molecule has 0 aliphatic carbocycles. The number of aromatic nitrogens is 2. The second-order valence-corrected chi connectivity index (χ2v) is 3.56. The summed E-state index contributed by atoms with van der Waals surface area (Å²) in [6.07, 6.45) is -0.421. The molecular formula is C7H11N3O2S. The lowest BCUT2D eigenvalue weighted by Crippen LogP contribution is -2.23. The molecule has 0 unspecified atom stereocenters. The van der Waals surface area contributed by atoms with Gasteiger partial charge in [0.1, 0.15) is 10.0 Å². The van der Waals surface area contributed by atoms with Gasteiger partial charge in [-0.2, -0.15) is 0 Å². The van der Waals surface area contributed by atoms with Crippen LogP contribution in [0, 0.1) is 6.92 Å². The van der Waals surface area contributed by atoms with Gasteiger partial charge in [0.25, 0.3) is 0 Å². The number of hydrogen-bond acceptors (Lipinski definition) is 5. The Morgan fingerprint density at radius 3 is 2.92 bits per heavy atom. The van der Waals surface area contributed by atoms with Crippen molar-refractivity contribution in [3.8, 4) is 0 Å². The van der Waals surface area contributed by atoms with E-state index in [1.807, 2.05) is 6.92 Å². The minimum atomic E-state index is -0.421. The number of ether oxygens (including phenoxy) is 1. The molecule has 13 heavy (non-hydrogen) atoms. The zero-order valence-corrected chi connectivity index (χ0v) is 8.35. The quantitative estimate of drug-likeness (QED) is 0.795. The molecule has 1 heterocycles. The van der Waals surface area contributed by atoms with Crippen LogP contribution in [-0.4, -0.2) is 22.9 Å². The van der Waals surface area contributed by atoms with E-state index in [0.717, 1.165) is 10.0 Å². The predicted molar refractivity (Wildman–Crippen MR) is 48.5 cm³/mol. The third-order valence-electron chi connectivity index (χ3n) is 1.23. The van der Waals surface area contributed by atoms with Gasteiger partial charge < -0.3 is 10.1 Å². The van der Waals surface area contributed by atoms with Gasteiger partial charge in [-0.3, -0.25) is 0 Å². The van der Waals surface area contributed by atoms with Crippen molar-refractivity contribution < 1.29 is 9.53 Å². The summed E-state index contributed by atoms with van der Waals surface area (Å²) in [5, 5.41) is 11.9. The Balaban J connectivity index is 2.30. The number of alkyl carbamates (subject to hydrolysis) is 1. The lowest BCUT2D eigenvalue weighted by molar-refractivity contribution is 0.151. The topological polar surface area (TPSA) is 64.1 Å². The van der Waals surface area contributed by atoms with E-state index in [9.17, 15) is 4.79 Å². The van der Waals surface area contributed by atoms with Crippen molar-refractivity contribution >= 4 is 17.4 Å². The van der Waals surface area contributed by atoms with Gasteiger partial charge in [0.15, 0.2) is 0 Å². The highest BCUT2D eigenvalue weighted by Crippen LogP contribution is 2.06. The van der Waals surface area contributed by atoms with Crippen LogP contribution in [0.25, 0.3) is 0 Å². The van der Waals surface area contributed by atoms with E-state index in [1.165, 1.54) is 11.3 Å². The standard InChI is InChI=1S/C7H11N3O2S/c1-3-12-7(11)8-4-6-10-9-5(2)13-6/h3-4H2,1-2H3,(H,8,11). The summed E-state index contributed by atoms with van der Waals surface area (Å²) >= 11 is 1.46. The molecule has 0 atom stereocenters. The van der Waals surface area contributed by atoms with E-state index in [4.69, 9.17) is 0 Å². The Bertz CT molecular complexity index is 287. The number of aryl methyl sites for hydroxylation is 1. The highest BCUT2D eigenvalue weighted by Gasteiger charge is 2.03. The van der Waals surface area contributed by atoms with E-state index < -0.39 is 6.09 Å². The third kappa shape index (κ3) is 3.37. The first kappa shape index (κ1) is 9.91. The summed E-state index contributed by atoms with van der Waals surface area (Å²) in [4.78, 5) is 10.8. The summed E-state index contributed by atoms with van der Waals surface area (Å²) in [5.41, 5.74) is 0. The van der Waals surface area contributed by atoms with Crippen molar-refractivity contribution in [3.05, 3.63) is 10.0 Å². The van der Waals surface area contributed by atoms with Crippen LogP contribution in [0.15, 0.2) is 0 Å². The van der Waals surface area contributed by atoms with Crippen LogP contribution in [0.1, 0.15) is 16.9 Å². The normalized spacial score (nSPS) is 9.69. The highest BCUT2D eigenvalue weighted by molar-refractivity contribution is 7.11. The summed E-state index contributed by atoms with van der Waals surface area (Å²) in [6.45, 7) is 4.38. The van der Waals surface area contributed by atoms with Crippen LogP contribution < -0.4 is 5.32 Å². The van der Waals surface area contributed by atoms with Crippen LogP contribution >= 0.6 is 11.3 Å². The van der Waals surface area contributed by atoms with E-state index >= 15 is 0 Å². The number of hydrogen-bond donors (Lipinski definition) is 1. The maximum absolute atomic E-state index is 10.8. The number of carbonyl (C=O) groups is 1. The zero-order valence-electron chi connectivity index (χ0n) is 7.53. The minimum Gasteiger partial charge on any atom is -0.450 e. The van der Waals surface area contributed by atoms with Crippen molar-refractivity contribution in [2.45, 2.75) is 20.4 Å². The molecule has 1 rings (SSSR count). The molecule has 1 aromatic rings. The van der Waals surface area contributed by atoms with Crippen molar-refractivity contribution in [1.82, 2.24) is 15.5 Å². The van der Waals surface area contributed by atoms with E-state index in [2.05, 4.69) is 20.3 Å². The Labute approximate surface area is 80.1 Å². The molecule has 6 heteroatoms. The van der Waals surface area contributed by atoms with Crippen molar-refractivity contribution in [2.75, 3.05) is 6.61 Å². The van der Waals surface area contributed by atoms with Gasteiger partial charge in [0, 0.05) is 0 Å². The number of nitrogens with one attached hydrogen (secondary N) is 1.